The molecule has 0 radical (unpaired) electrons. The molecule has 6 nitrogen and oxygen atoms in total. The molecule has 1 amide bonds. The highest BCUT2D eigenvalue weighted by Gasteiger charge is 2.15. The van der Waals surface area contributed by atoms with Crippen LogP contribution in [-0.4, -0.2) is 31.9 Å². The molecule has 0 aliphatic rings. The van der Waals surface area contributed by atoms with Gasteiger partial charge in [-0.15, -0.1) is 0 Å². The van der Waals surface area contributed by atoms with Gasteiger partial charge in [0, 0.05) is 10.6 Å². The van der Waals surface area contributed by atoms with Gasteiger partial charge in [0.15, 0.2) is 11.5 Å². The van der Waals surface area contributed by atoms with E-state index in [4.69, 9.17) is 37.5 Å². The van der Waals surface area contributed by atoms with Crippen molar-refractivity contribution >= 4 is 41.0 Å². The number of nitrogens with zero attached hydrogens (tertiary/aromatic N) is 1. The Labute approximate surface area is 168 Å². The molecule has 0 aliphatic heterocycles. The molecule has 0 aliphatic carbocycles. The Bertz CT molecular complexity index is 827. The highest BCUT2D eigenvalue weighted by atomic mass is 35.5. The molecule has 0 saturated heterocycles. The lowest BCUT2D eigenvalue weighted by Gasteiger charge is -2.12. The lowest BCUT2D eigenvalue weighted by Crippen LogP contribution is -2.26. The predicted molar refractivity (Wildman–Crippen MR) is 107 cm³/mol. The summed E-state index contributed by atoms with van der Waals surface area (Å²) in [5.74, 6) is 0.843. The predicted octanol–water partition coefficient (Wildman–Crippen LogP) is 4.78. The number of ether oxygens (including phenoxy) is 2. The third-order valence-electron chi connectivity index (χ3n) is 3.47. The molecular formula is C19H20Cl2N2O4. The van der Waals surface area contributed by atoms with Gasteiger partial charge in [0.2, 0.25) is 6.10 Å². The van der Waals surface area contributed by atoms with Crippen molar-refractivity contribution in [3.8, 4) is 11.5 Å². The van der Waals surface area contributed by atoms with Gasteiger partial charge in [0.05, 0.1) is 30.6 Å². The van der Waals surface area contributed by atoms with E-state index >= 15 is 0 Å². The van der Waals surface area contributed by atoms with E-state index in [9.17, 15) is 4.79 Å². The lowest BCUT2D eigenvalue weighted by atomic mass is 10.2. The van der Waals surface area contributed by atoms with Gasteiger partial charge in [0.25, 0.3) is 5.91 Å². The second-order valence-corrected chi connectivity index (χ2v) is 6.28. The Kier molecular flexibility index (Phi) is 7.76. The fraction of sp³-hybridized carbons (Fsp3) is 0.263. The van der Waals surface area contributed by atoms with E-state index in [-0.39, 0.29) is 5.91 Å². The summed E-state index contributed by atoms with van der Waals surface area (Å²) in [5.41, 5.74) is 1.19. The fourth-order valence-corrected chi connectivity index (χ4v) is 2.55. The van der Waals surface area contributed by atoms with Crippen LogP contribution in [0, 0.1) is 0 Å². The van der Waals surface area contributed by atoms with Crippen molar-refractivity contribution in [2.45, 2.75) is 20.0 Å². The normalized spacial score (nSPS) is 11.9. The lowest BCUT2D eigenvalue weighted by molar-refractivity contribution is -0.126. The Balaban J connectivity index is 1.95. The molecule has 144 valence electrons. The zero-order valence-corrected chi connectivity index (χ0v) is 16.7. The van der Waals surface area contributed by atoms with Crippen LogP contribution in [-0.2, 0) is 9.63 Å². The molecule has 0 unspecified atom stereocenters. The maximum atomic E-state index is 12.2. The summed E-state index contributed by atoms with van der Waals surface area (Å²) < 4.78 is 10.7. The second-order valence-electron chi connectivity index (χ2n) is 5.44. The Morgan fingerprint density at radius 3 is 2.67 bits per heavy atom. The Hall–Kier alpha value is -2.44. The van der Waals surface area contributed by atoms with Crippen molar-refractivity contribution in [1.82, 2.24) is 0 Å². The minimum absolute atomic E-state index is 0.341. The number of benzene rings is 2. The van der Waals surface area contributed by atoms with Gasteiger partial charge in [-0.25, -0.2) is 0 Å². The molecule has 2 aromatic carbocycles. The highest BCUT2D eigenvalue weighted by molar-refractivity contribution is 6.36. The van der Waals surface area contributed by atoms with Gasteiger partial charge in [0.1, 0.15) is 0 Å². The molecule has 1 atom stereocenters. The van der Waals surface area contributed by atoms with Crippen LogP contribution >= 0.6 is 23.2 Å². The standard InChI is InChI=1S/C19H20Cl2N2O4/c1-4-26-17-8-5-13(9-18(17)25-3)11-22-27-12(2)19(24)23-16-7-6-14(20)10-15(16)21/h5-12H,4H2,1-3H3,(H,23,24)/b22-11-/t12-/m0/s1. The first kappa shape index (κ1) is 20.9. The average Bonchev–Trinajstić information content (AvgIpc) is 2.65. The minimum atomic E-state index is -0.822. The summed E-state index contributed by atoms with van der Waals surface area (Å²) in [6.07, 6.45) is 0.662. The number of methoxy groups -OCH3 is 1. The number of carbonyl (C=O) groups excluding carboxylic acids is 1. The van der Waals surface area contributed by atoms with Crippen molar-refractivity contribution in [2.75, 3.05) is 19.0 Å². The second kappa shape index (κ2) is 10.0. The van der Waals surface area contributed by atoms with Crippen molar-refractivity contribution in [3.05, 3.63) is 52.0 Å². The molecule has 0 spiro atoms. The Morgan fingerprint density at radius 1 is 1.22 bits per heavy atom. The molecule has 2 aromatic rings. The summed E-state index contributed by atoms with van der Waals surface area (Å²) in [6, 6.07) is 10.1. The molecule has 0 bridgehead atoms. The van der Waals surface area contributed by atoms with Crippen LogP contribution in [0.3, 0.4) is 0 Å². The van der Waals surface area contributed by atoms with Gasteiger partial charge in [-0.3, -0.25) is 4.79 Å². The van der Waals surface area contributed by atoms with E-state index < -0.39 is 6.10 Å². The molecular weight excluding hydrogens is 391 g/mol. The van der Waals surface area contributed by atoms with Crippen LogP contribution < -0.4 is 14.8 Å². The number of halogens is 2. The molecule has 0 aromatic heterocycles. The molecule has 8 heteroatoms. The SMILES string of the molecule is CCOc1ccc(/C=N\O[C@@H](C)C(=O)Nc2ccc(Cl)cc2Cl)cc1OC. The van der Waals surface area contributed by atoms with Gasteiger partial charge in [-0.05, 0) is 50.2 Å². The van der Waals surface area contributed by atoms with E-state index in [1.54, 1.807) is 50.4 Å². The summed E-state index contributed by atoms with van der Waals surface area (Å²) in [4.78, 5) is 17.4. The number of hydrogen-bond acceptors (Lipinski definition) is 5. The van der Waals surface area contributed by atoms with Crippen LogP contribution in [0.1, 0.15) is 19.4 Å². The first-order chi connectivity index (χ1) is 12.9. The number of nitrogens with one attached hydrogen (secondary N) is 1. The minimum Gasteiger partial charge on any atom is -0.493 e. The third-order valence-corrected chi connectivity index (χ3v) is 4.01. The molecule has 1 N–H and O–H groups in total. The smallest absolute Gasteiger partial charge is 0.268 e. The molecule has 2 rings (SSSR count). The largest absolute Gasteiger partial charge is 0.493 e. The van der Waals surface area contributed by atoms with Gasteiger partial charge in [-0.2, -0.15) is 0 Å². The zero-order valence-electron chi connectivity index (χ0n) is 15.2. The molecule has 27 heavy (non-hydrogen) atoms. The number of rotatable bonds is 8. The highest BCUT2D eigenvalue weighted by Crippen LogP contribution is 2.27. The monoisotopic (exact) mass is 410 g/mol. The van der Waals surface area contributed by atoms with Crippen molar-refractivity contribution in [1.29, 1.82) is 0 Å². The van der Waals surface area contributed by atoms with Crippen molar-refractivity contribution in [3.63, 3.8) is 0 Å². The molecule has 0 saturated carbocycles. The average molecular weight is 411 g/mol. The van der Waals surface area contributed by atoms with E-state index in [1.165, 1.54) is 6.21 Å². The maximum absolute atomic E-state index is 12.2. The van der Waals surface area contributed by atoms with Crippen LogP contribution in [0.25, 0.3) is 0 Å². The Morgan fingerprint density at radius 2 is 2.00 bits per heavy atom. The van der Waals surface area contributed by atoms with E-state index in [0.29, 0.717) is 33.8 Å². The third kappa shape index (κ3) is 6.05. The number of hydrogen-bond donors (Lipinski definition) is 1. The van der Waals surface area contributed by atoms with Crippen molar-refractivity contribution in [2.24, 2.45) is 5.16 Å². The van der Waals surface area contributed by atoms with Crippen LogP contribution in [0.15, 0.2) is 41.6 Å². The fourth-order valence-electron chi connectivity index (χ4n) is 2.09. The van der Waals surface area contributed by atoms with E-state index in [2.05, 4.69) is 10.5 Å². The van der Waals surface area contributed by atoms with E-state index in [0.717, 1.165) is 5.56 Å². The number of oxime groups is 1. The number of anilines is 1. The quantitative estimate of drug-likeness (QED) is 0.502. The number of amides is 1. The van der Waals surface area contributed by atoms with Crippen LogP contribution in [0.2, 0.25) is 10.0 Å². The van der Waals surface area contributed by atoms with Gasteiger partial charge >= 0.3 is 0 Å². The number of carbonyl (C=O) groups is 1. The maximum Gasteiger partial charge on any atom is 0.268 e. The van der Waals surface area contributed by atoms with Crippen molar-refractivity contribution < 1.29 is 19.1 Å². The summed E-state index contributed by atoms with van der Waals surface area (Å²) in [6.45, 7) is 4.01. The first-order valence-corrected chi connectivity index (χ1v) is 8.96. The molecule has 0 heterocycles. The van der Waals surface area contributed by atoms with Gasteiger partial charge < -0.3 is 19.6 Å². The molecule has 0 fully saturated rings. The van der Waals surface area contributed by atoms with Gasteiger partial charge in [-0.1, -0.05) is 28.4 Å². The summed E-state index contributed by atoms with van der Waals surface area (Å²) in [5, 5.41) is 7.34. The topological polar surface area (TPSA) is 69.2 Å². The summed E-state index contributed by atoms with van der Waals surface area (Å²) in [7, 11) is 1.56. The first-order valence-electron chi connectivity index (χ1n) is 8.20. The van der Waals surface area contributed by atoms with Crippen LogP contribution in [0.5, 0.6) is 11.5 Å². The zero-order chi connectivity index (χ0) is 19.8. The van der Waals surface area contributed by atoms with Crippen LogP contribution in [0.4, 0.5) is 5.69 Å². The van der Waals surface area contributed by atoms with E-state index in [1.807, 2.05) is 6.92 Å². The summed E-state index contributed by atoms with van der Waals surface area (Å²) >= 11 is 11.9.